The topological polar surface area (TPSA) is 112 Å². The highest BCUT2D eigenvalue weighted by Gasteiger charge is 2.36. The van der Waals surface area contributed by atoms with E-state index in [-0.39, 0.29) is 6.54 Å². The van der Waals surface area contributed by atoms with Gasteiger partial charge in [-0.3, -0.25) is 9.59 Å². The molecule has 8 nitrogen and oxygen atoms in total. The molecular weight excluding hydrogens is 464 g/mol. The highest BCUT2D eigenvalue weighted by Crippen LogP contribution is 2.26. The van der Waals surface area contributed by atoms with Crippen LogP contribution in [-0.2, 0) is 14.3 Å². The lowest BCUT2D eigenvalue weighted by atomic mass is 9.97. The van der Waals surface area contributed by atoms with Gasteiger partial charge in [-0.15, -0.1) is 6.42 Å². The quantitative estimate of drug-likeness (QED) is 0.258. The van der Waals surface area contributed by atoms with Crippen molar-refractivity contribution in [1.82, 2.24) is 15.5 Å². The molecule has 1 rings (SSSR count). The molecule has 0 aromatic heterocycles. The number of hydrogen-bond donors (Lipinski definition) is 2. The van der Waals surface area contributed by atoms with Crippen molar-refractivity contribution in [3.63, 3.8) is 0 Å². The van der Waals surface area contributed by atoms with E-state index in [4.69, 9.17) is 11.2 Å². The zero-order chi connectivity index (χ0) is 26.4. The largest absolute Gasteiger partial charge is 0.444 e. The van der Waals surface area contributed by atoms with Crippen LogP contribution in [0.2, 0.25) is 0 Å². The Morgan fingerprint density at radius 3 is 2.51 bits per heavy atom. The average molecular weight is 501 g/mol. The van der Waals surface area contributed by atoms with Gasteiger partial charge in [0.2, 0.25) is 11.8 Å². The zero-order valence-electron chi connectivity index (χ0n) is 21.2. The van der Waals surface area contributed by atoms with Gasteiger partial charge in [0.15, 0.2) is 0 Å². The van der Waals surface area contributed by atoms with Gasteiger partial charge in [0, 0.05) is 12.1 Å². The highest BCUT2D eigenvalue weighted by atomic mass is 32.2. The molecule has 9 heteroatoms. The van der Waals surface area contributed by atoms with E-state index in [9.17, 15) is 19.6 Å². The molecule has 1 aromatic rings. The molecule has 0 aliphatic rings. The summed E-state index contributed by atoms with van der Waals surface area (Å²) in [4.78, 5) is 40.8. The molecule has 1 aromatic carbocycles. The third kappa shape index (κ3) is 9.92. The summed E-state index contributed by atoms with van der Waals surface area (Å²) in [6.45, 7) is 7.23. The number of hydrogen-bond acceptors (Lipinski definition) is 6. The van der Waals surface area contributed by atoms with Crippen molar-refractivity contribution in [2.24, 2.45) is 0 Å². The summed E-state index contributed by atoms with van der Waals surface area (Å²) < 4.78 is 5.33. The van der Waals surface area contributed by atoms with Gasteiger partial charge in [-0.05, 0) is 57.3 Å². The van der Waals surface area contributed by atoms with Crippen LogP contribution in [0.5, 0.6) is 0 Å². The van der Waals surface area contributed by atoms with Crippen molar-refractivity contribution in [1.29, 1.82) is 5.26 Å². The number of amides is 3. The minimum atomic E-state index is -1.14. The van der Waals surface area contributed by atoms with Crippen molar-refractivity contribution in [2.45, 2.75) is 64.6 Å². The van der Waals surface area contributed by atoms with E-state index >= 15 is 0 Å². The Bertz CT molecular complexity index is 946. The Hall–Kier alpha value is -3.17. The Morgan fingerprint density at radius 2 is 1.94 bits per heavy atom. The van der Waals surface area contributed by atoms with Gasteiger partial charge < -0.3 is 20.3 Å². The Balaban J connectivity index is 3.45. The van der Waals surface area contributed by atoms with E-state index in [1.807, 2.05) is 19.2 Å². The van der Waals surface area contributed by atoms with Crippen LogP contribution in [0.4, 0.5) is 4.79 Å². The Labute approximate surface area is 213 Å². The summed E-state index contributed by atoms with van der Waals surface area (Å²) >= 11 is 1.51. The van der Waals surface area contributed by atoms with Gasteiger partial charge >= 0.3 is 6.09 Å². The van der Waals surface area contributed by atoms with Crippen molar-refractivity contribution in [3.8, 4) is 18.4 Å². The van der Waals surface area contributed by atoms with E-state index in [2.05, 4.69) is 16.6 Å². The maximum Gasteiger partial charge on any atom is 0.408 e. The van der Waals surface area contributed by atoms with Gasteiger partial charge in [0.1, 0.15) is 24.2 Å². The standard InChI is InChI=1S/C26H36N4O4S/c1-7-9-16-28-23(31)22(20-13-11-10-12-19(20)8-2)30(17-15-27)24(32)21(14-18-35-6)29-25(33)34-26(3,4)5/h2,10-13,21-22H,7,9,14,16-18H2,1,3-6H3,(H,28,31)(H,29,33). The summed E-state index contributed by atoms with van der Waals surface area (Å²) in [7, 11) is 0. The summed E-state index contributed by atoms with van der Waals surface area (Å²) in [5.41, 5.74) is 0.130. The fourth-order valence-corrected chi connectivity index (χ4v) is 3.79. The predicted octanol–water partition coefficient (Wildman–Crippen LogP) is 3.62. The second-order valence-corrected chi connectivity index (χ2v) is 9.87. The zero-order valence-corrected chi connectivity index (χ0v) is 22.0. The van der Waals surface area contributed by atoms with Crippen molar-refractivity contribution < 1.29 is 19.1 Å². The van der Waals surface area contributed by atoms with Gasteiger partial charge in [-0.2, -0.15) is 17.0 Å². The number of alkyl carbamates (subject to hydrolysis) is 1. The normalized spacial score (nSPS) is 12.4. The van der Waals surface area contributed by atoms with E-state index in [1.54, 1.807) is 45.0 Å². The molecule has 35 heavy (non-hydrogen) atoms. The molecule has 190 valence electrons. The molecule has 0 saturated carbocycles. The van der Waals surface area contributed by atoms with Crippen LogP contribution in [0.25, 0.3) is 0 Å². The monoisotopic (exact) mass is 500 g/mol. The predicted molar refractivity (Wildman–Crippen MR) is 139 cm³/mol. The average Bonchev–Trinajstić information content (AvgIpc) is 2.80. The molecule has 0 heterocycles. The molecule has 0 radical (unpaired) electrons. The minimum Gasteiger partial charge on any atom is -0.444 e. The number of rotatable bonds is 12. The van der Waals surface area contributed by atoms with Crippen LogP contribution in [0.3, 0.4) is 0 Å². The lowest BCUT2D eigenvalue weighted by Gasteiger charge is -2.33. The molecule has 2 atom stereocenters. The van der Waals surface area contributed by atoms with Gasteiger partial charge in [0.05, 0.1) is 6.07 Å². The summed E-state index contributed by atoms with van der Waals surface area (Å²) in [5.74, 6) is 2.13. The number of carbonyl (C=O) groups is 3. The van der Waals surface area contributed by atoms with Crippen molar-refractivity contribution in [2.75, 3.05) is 25.1 Å². The number of ether oxygens (including phenoxy) is 1. The molecule has 0 saturated heterocycles. The molecular formula is C26H36N4O4S. The third-order valence-electron chi connectivity index (χ3n) is 4.92. The van der Waals surface area contributed by atoms with Crippen molar-refractivity contribution >= 4 is 29.7 Å². The lowest BCUT2D eigenvalue weighted by molar-refractivity contribution is -0.141. The molecule has 2 N–H and O–H groups in total. The first-order chi connectivity index (χ1) is 16.6. The summed E-state index contributed by atoms with van der Waals surface area (Å²) in [6, 6.07) is 6.68. The second-order valence-electron chi connectivity index (χ2n) is 8.88. The Morgan fingerprint density at radius 1 is 1.26 bits per heavy atom. The fraction of sp³-hybridized carbons (Fsp3) is 0.538. The minimum absolute atomic E-state index is 0.294. The molecule has 0 aliphatic heterocycles. The number of nitrogens with one attached hydrogen (secondary N) is 2. The first-order valence-electron chi connectivity index (χ1n) is 11.6. The number of carbonyl (C=O) groups excluding carboxylic acids is 3. The van der Waals surface area contributed by atoms with Crippen molar-refractivity contribution in [3.05, 3.63) is 35.4 Å². The highest BCUT2D eigenvalue weighted by molar-refractivity contribution is 7.98. The number of benzene rings is 1. The fourth-order valence-electron chi connectivity index (χ4n) is 3.32. The second kappa shape index (κ2) is 15.0. The van der Waals surface area contributed by atoms with Crippen LogP contribution < -0.4 is 10.6 Å². The number of nitrogens with zero attached hydrogens (tertiary/aromatic N) is 2. The van der Waals surface area contributed by atoms with E-state index in [0.717, 1.165) is 12.8 Å². The summed E-state index contributed by atoms with van der Waals surface area (Å²) in [5, 5.41) is 15.0. The number of thioether (sulfide) groups is 1. The van der Waals surface area contributed by atoms with Gasteiger partial charge in [-0.25, -0.2) is 4.79 Å². The van der Waals surface area contributed by atoms with E-state index < -0.39 is 35.6 Å². The molecule has 0 spiro atoms. The first-order valence-corrected chi connectivity index (χ1v) is 13.0. The Kier molecular flexibility index (Phi) is 12.8. The molecule has 3 amide bonds. The SMILES string of the molecule is C#Cc1ccccc1C(C(=O)NCCCC)N(CC#N)C(=O)C(CCSC)NC(=O)OC(C)(C)C. The third-order valence-corrected chi connectivity index (χ3v) is 5.57. The van der Waals surface area contributed by atoms with Gasteiger partial charge in [-0.1, -0.05) is 37.5 Å². The molecule has 0 fully saturated rings. The first kappa shape index (κ1) is 29.9. The van der Waals surface area contributed by atoms with Crippen LogP contribution in [0, 0.1) is 23.7 Å². The smallest absolute Gasteiger partial charge is 0.408 e. The molecule has 0 bridgehead atoms. The number of unbranched alkanes of at least 4 members (excludes halogenated alkanes) is 1. The maximum absolute atomic E-state index is 13.8. The van der Waals surface area contributed by atoms with Crippen LogP contribution in [0.15, 0.2) is 24.3 Å². The van der Waals surface area contributed by atoms with Gasteiger partial charge in [0.25, 0.3) is 0 Å². The van der Waals surface area contributed by atoms with Crippen LogP contribution >= 0.6 is 11.8 Å². The number of nitriles is 1. The van der Waals surface area contributed by atoms with Crippen LogP contribution in [-0.4, -0.2) is 59.5 Å². The van der Waals surface area contributed by atoms with Crippen LogP contribution in [0.1, 0.15) is 64.1 Å². The summed E-state index contributed by atoms with van der Waals surface area (Å²) in [6.07, 6.45) is 8.75. The number of terminal acetylenes is 1. The van der Waals surface area contributed by atoms with E-state index in [0.29, 0.717) is 29.8 Å². The molecule has 2 unspecified atom stereocenters. The lowest BCUT2D eigenvalue weighted by Crippen LogP contribution is -2.53. The molecule has 0 aliphatic carbocycles. The maximum atomic E-state index is 13.8. The van der Waals surface area contributed by atoms with E-state index in [1.165, 1.54) is 16.7 Å².